The van der Waals surface area contributed by atoms with E-state index in [2.05, 4.69) is 15.4 Å². The maximum Gasteiger partial charge on any atom is 0.407 e. The Morgan fingerprint density at radius 2 is 2.14 bits per heavy atom. The highest BCUT2D eigenvalue weighted by molar-refractivity contribution is 5.83. The van der Waals surface area contributed by atoms with Crippen LogP contribution < -0.4 is 15.1 Å². The van der Waals surface area contributed by atoms with E-state index >= 15 is 0 Å². The van der Waals surface area contributed by atoms with Crippen LogP contribution in [0.15, 0.2) is 42.7 Å². The molecule has 4 rings (SSSR count). The number of nitrogens with one attached hydrogen (secondary N) is 1. The molecule has 2 aromatic heterocycles. The quantitative estimate of drug-likeness (QED) is 0.513. The van der Waals surface area contributed by atoms with Gasteiger partial charge in [0.2, 0.25) is 6.41 Å². The van der Waals surface area contributed by atoms with Gasteiger partial charge in [-0.1, -0.05) is 12.1 Å². The highest BCUT2D eigenvalue weighted by Gasteiger charge is 2.34. The molecule has 186 valence electrons. The van der Waals surface area contributed by atoms with Crippen LogP contribution in [-0.4, -0.2) is 58.5 Å². The van der Waals surface area contributed by atoms with Crippen LogP contribution in [0.4, 0.5) is 25.1 Å². The van der Waals surface area contributed by atoms with Gasteiger partial charge in [0.05, 0.1) is 18.8 Å². The fourth-order valence-corrected chi connectivity index (χ4v) is 4.10. The van der Waals surface area contributed by atoms with Crippen LogP contribution in [0.25, 0.3) is 5.65 Å². The number of carbonyl (C=O) groups is 2. The SMILES string of the molecule is CC(C)(C)OC(=O)NCCN(C=O)c1cnn2ccc(N3C[C@@H](F)C[C@@H]3c3cccc(F)c3)nc12. The molecule has 1 fully saturated rings. The molecule has 1 aliphatic rings. The van der Waals surface area contributed by atoms with E-state index in [0.29, 0.717) is 29.1 Å². The van der Waals surface area contributed by atoms with Crippen molar-refractivity contribution in [1.82, 2.24) is 19.9 Å². The molecule has 0 radical (unpaired) electrons. The molecule has 9 nitrogen and oxygen atoms in total. The zero-order chi connectivity index (χ0) is 25.2. The van der Waals surface area contributed by atoms with E-state index in [0.717, 1.165) is 0 Å². The molecule has 2 amide bonds. The van der Waals surface area contributed by atoms with E-state index in [9.17, 15) is 18.4 Å². The minimum atomic E-state index is -1.09. The van der Waals surface area contributed by atoms with E-state index in [1.807, 2.05) is 0 Å². The number of alkyl halides is 1. The minimum absolute atomic E-state index is 0.116. The van der Waals surface area contributed by atoms with Gasteiger partial charge in [0.1, 0.15) is 29.1 Å². The Labute approximate surface area is 201 Å². The van der Waals surface area contributed by atoms with E-state index in [1.54, 1.807) is 50.1 Å². The third kappa shape index (κ3) is 5.67. The van der Waals surface area contributed by atoms with E-state index in [4.69, 9.17) is 4.74 Å². The summed E-state index contributed by atoms with van der Waals surface area (Å²) in [5.41, 5.74) is 0.871. The summed E-state index contributed by atoms with van der Waals surface area (Å²) in [7, 11) is 0. The van der Waals surface area contributed by atoms with Crippen LogP contribution in [0.3, 0.4) is 0 Å². The Bertz CT molecular complexity index is 1210. The zero-order valence-electron chi connectivity index (χ0n) is 19.8. The first-order chi connectivity index (χ1) is 16.6. The van der Waals surface area contributed by atoms with Gasteiger partial charge in [-0.3, -0.25) is 4.79 Å². The second-order valence-electron chi connectivity index (χ2n) is 9.37. The van der Waals surface area contributed by atoms with Gasteiger partial charge in [0.15, 0.2) is 5.65 Å². The van der Waals surface area contributed by atoms with Crippen LogP contribution in [0.5, 0.6) is 0 Å². The molecule has 1 saturated heterocycles. The van der Waals surface area contributed by atoms with Crippen LogP contribution in [0.2, 0.25) is 0 Å². The first kappa shape index (κ1) is 24.4. The summed E-state index contributed by atoms with van der Waals surface area (Å²) < 4.78 is 35.0. The lowest BCUT2D eigenvalue weighted by Crippen LogP contribution is -2.37. The number of hydrogen-bond donors (Lipinski definition) is 1. The predicted octanol–water partition coefficient (Wildman–Crippen LogP) is 3.65. The number of alkyl carbamates (subject to hydrolysis) is 1. The van der Waals surface area contributed by atoms with Gasteiger partial charge in [0.25, 0.3) is 0 Å². The topological polar surface area (TPSA) is 92.1 Å². The molecule has 0 aliphatic carbocycles. The van der Waals surface area contributed by atoms with Gasteiger partial charge in [0, 0.05) is 25.7 Å². The van der Waals surface area contributed by atoms with Crippen molar-refractivity contribution in [2.24, 2.45) is 0 Å². The number of amides is 2. The number of anilines is 2. The second kappa shape index (κ2) is 9.85. The van der Waals surface area contributed by atoms with Crippen molar-refractivity contribution in [2.75, 3.05) is 29.4 Å². The molecule has 11 heteroatoms. The van der Waals surface area contributed by atoms with E-state index < -0.39 is 17.9 Å². The summed E-state index contributed by atoms with van der Waals surface area (Å²) in [6.07, 6.45) is 2.36. The Hall–Kier alpha value is -3.76. The largest absolute Gasteiger partial charge is 0.444 e. The Morgan fingerprint density at radius 1 is 1.34 bits per heavy atom. The molecular formula is C24H28F2N6O3. The molecule has 0 spiro atoms. The molecule has 1 N–H and O–H groups in total. The van der Waals surface area contributed by atoms with Crippen molar-refractivity contribution in [3.63, 3.8) is 0 Å². The average Bonchev–Trinajstić information content (AvgIpc) is 3.39. The molecule has 1 aliphatic heterocycles. The zero-order valence-corrected chi connectivity index (χ0v) is 19.8. The number of aromatic nitrogens is 3. The molecule has 0 unspecified atom stereocenters. The van der Waals surface area contributed by atoms with E-state index in [-0.39, 0.29) is 37.9 Å². The standard InChI is InChI=1S/C24H28F2N6O3/c1-24(2,3)35-23(34)27-8-10-30(15-33)20-13-28-32-9-7-21(29-22(20)32)31-14-18(26)12-19(31)16-5-4-6-17(25)11-16/h4-7,9,11,13,15,18-19H,8,10,12,14H2,1-3H3,(H,27,34)/t18-,19+/m0/s1. The predicted molar refractivity (Wildman–Crippen MR) is 127 cm³/mol. The lowest BCUT2D eigenvalue weighted by Gasteiger charge is -2.26. The minimum Gasteiger partial charge on any atom is -0.444 e. The lowest BCUT2D eigenvalue weighted by molar-refractivity contribution is -0.107. The lowest BCUT2D eigenvalue weighted by atomic mass is 10.0. The van der Waals surface area contributed by atoms with Gasteiger partial charge < -0.3 is 19.9 Å². The maximum atomic E-state index is 14.4. The summed E-state index contributed by atoms with van der Waals surface area (Å²) in [6, 6.07) is 7.47. The number of hydrogen-bond acceptors (Lipinski definition) is 6. The van der Waals surface area contributed by atoms with Gasteiger partial charge in [-0.05, 0) is 44.5 Å². The normalized spacial score (nSPS) is 18.0. The highest BCUT2D eigenvalue weighted by atomic mass is 19.1. The van der Waals surface area contributed by atoms with Crippen molar-refractivity contribution in [1.29, 1.82) is 0 Å². The van der Waals surface area contributed by atoms with Crippen molar-refractivity contribution in [3.8, 4) is 0 Å². The molecule has 3 heterocycles. The monoisotopic (exact) mass is 486 g/mol. The average molecular weight is 487 g/mol. The van der Waals surface area contributed by atoms with Crippen LogP contribution >= 0.6 is 0 Å². The van der Waals surface area contributed by atoms with Crippen LogP contribution in [-0.2, 0) is 9.53 Å². The molecular weight excluding hydrogens is 458 g/mol. The number of fused-ring (bicyclic) bond motifs is 1. The first-order valence-corrected chi connectivity index (χ1v) is 11.3. The van der Waals surface area contributed by atoms with Gasteiger partial charge in [-0.15, -0.1) is 0 Å². The molecule has 0 bridgehead atoms. The third-order valence-corrected chi connectivity index (χ3v) is 5.57. The maximum absolute atomic E-state index is 14.4. The number of nitrogens with zero attached hydrogens (tertiary/aromatic N) is 5. The number of rotatable bonds is 7. The van der Waals surface area contributed by atoms with Crippen molar-refractivity contribution >= 4 is 29.7 Å². The van der Waals surface area contributed by atoms with Gasteiger partial charge in [-0.25, -0.2) is 23.1 Å². The fraction of sp³-hybridized carbons (Fsp3) is 0.417. The summed E-state index contributed by atoms with van der Waals surface area (Å²) in [6.45, 7) is 5.72. The third-order valence-electron chi connectivity index (χ3n) is 5.57. The van der Waals surface area contributed by atoms with Crippen LogP contribution in [0.1, 0.15) is 38.8 Å². The fourth-order valence-electron chi connectivity index (χ4n) is 4.10. The Morgan fingerprint density at radius 3 is 2.86 bits per heavy atom. The molecule has 35 heavy (non-hydrogen) atoms. The number of ether oxygens (including phenoxy) is 1. The number of benzene rings is 1. The van der Waals surface area contributed by atoms with Gasteiger partial charge in [-0.2, -0.15) is 5.10 Å². The molecule has 2 atom stereocenters. The molecule has 0 saturated carbocycles. The van der Waals surface area contributed by atoms with Crippen LogP contribution in [0, 0.1) is 5.82 Å². The van der Waals surface area contributed by atoms with Crippen molar-refractivity contribution in [3.05, 3.63) is 54.1 Å². The summed E-state index contributed by atoms with van der Waals surface area (Å²) in [5.74, 6) is 0.110. The Kier molecular flexibility index (Phi) is 6.86. The van der Waals surface area contributed by atoms with Crippen molar-refractivity contribution in [2.45, 2.75) is 45.0 Å². The van der Waals surface area contributed by atoms with Crippen molar-refractivity contribution < 1.29 is 23.1 Å². The first-order valence-electron chi connectivity index (χ1n) is 11.3. The Balaban J connectivity index is 1.55. The van der Waals surface area contributed by atoms with E-state index in [1.165, 1.54) is 27.7 Å². The summed E-state index contributed by atoms with van der Waals surface area (Å²) in [5, 5.41) is 6.86. The number of carbonyl (C=O) groups excluding carboxylic acids is 2. The summed E-state index contributed by atoms with van der Waals surface area (Å²) >= 11 is 0. The number of halogens is 2. The summed E-state index contributed by atoms with van der Waals surface area (Å²) in [4.78, 5) is 31.6. The second-order valence-corrected chi connectivity index (χ2v) is 9.37. The highest BCUT2D eigenvalue weighted by Crippen LogP contribution is 2.37. The molecule has 1 aromatic carbocycles. The van der Waals surface area contributed by atoms with Gasteiger partial charge >= 0.3 is 6.09 Å². The smallest absolute Gasteiger partial charge is 0.407 e. The molecule has 3 aromatic rings.